The first-order valence-electron chi connectivity index (χ1n) is 6.59. The van der Waals surface area contributed by atoms with Crippen molar-refractivity contribution < 1.29 is 19.4 Å². The predicted octanol–water partition coefficient (Wildman–Crippen LogP) is 4.35. The van der Waals surface area contributed by atoms with Crippen LogP contribution < -0.4 is 4.74 Å². The summed E-state index contributed by atoms with van der Waals surface area (Å²) in [5.41, 5.74) is 1.09. The molecular weight excluding hydrogens is 339 g/mol. The molecule has 0 amide bonds. The number of allylic oxidation sites excluding steroid dienone is 1. The average Bonchev–Trinajstić information content (AvgIpc) is 2.55. The van der Waals surface area contributed by atoms with E-state index in [1.165, 1.54) is 18.2 Å². The van der Waals surface area contributed by atoms with Gasteiger partial charge in [-0.05, 0) is 23.8 Å². The zero-order valence-electron chi connectivity index (χ0n) is 11.8. The lowest BCUT2D eigenvalue weighted by molar-refractivity contribution is -0.139. The van der Waals surface area contributed by atoms with Gasteiger partial charge in [0.2, 0.25) is 0 Å². The summed E-state index contributed by atoms with van der Waals surface area (Å²) in [5.74, 6) is -1.34. The zero-order valence-corrected chi connectivity index (χ0v) is 13.3. The SMILES string of the molecule is O=C(O)COc1ccc(C(=O)C=Cc2ccccc2)c(Cl)c1Cl. The summed E-state index contributed by atoms with van der Waals surface area (Å²) in [6.45, 7) is -0.544. The van der Waals surface area contributed by atoms with Crippen LogP contribution in [-0.2, 0) is 4.79 Å². The maximum absolute atomic E-state index is 12.2. The van der Waals surface area contributed by atoms with Gasteiger partial charge < -0.3 is 9.84 Å². The second kappa shape index (κ2) is 7.81. The monoisotopic (exact) mass is 350 g/mol. The Balaban J connectivity index is 2.19. The van der Waals surface area contributed by atoms with Crippen LogP contribution in [0.5, 0.6) is 5.75 Å². The highest BCUT2D eigenvalue weighted by Gasteiger charge is 2.15. The molecule has 4 nitrogen and oxygen atoms in total. The molecule has 2 aromatic rings. The summed E-state index contributed by atoms with van der Waals surface area (Å²) in [7, 11) is 0. The molecule has 0 heterocycles. The third-order valence-electron chi connectivity index (χ3n) is 2.89. The second-order valence-corrected chi connectivity index (χ2v) is 5.29. The van der Waals surface area contributed by atoms with Crippen LogP contribution in [0.15, 0.2) is 48.5 Å². The smallest absolute Gasteiger partial charge is 0.341 e. The van der Waals surface area contributed by atoms with Crippen LogP contribution >= 0.6 is 23.2 Å². The highest BCUT2D eigenvalue weighted by Crippen LogP contribution is 2.35. The maximum atomic E-state index is 12.2. The first kappa shape index (κ1) is 17.1. The van der Waals surface area contributed by atoms with Crippen molar-refractivity contribution >= 4 is 41.0 Å². The quantitative estimate of drug-likeness (QED) is 0.621. The lowest BCUT2D eigenvalue weighted by Crippen LogP contribution is -2.10. The Kier molecular flexibility index (Phi) is 5.79. The molecule has 0 aromatic heterocycles. The molecule has 0 aliphatic heterocycles. The molecule has 0 aliphatic rings. The molecule has 0 bridgehead atoms. The van der Waals surface area contributed by atoms with E-state index >= 15 is 0 Å². The van der Waals surface area contributed by atoms with Gasteiger partial charge in [-0.25, -0.2) is 4.79 Å². The molecule has 2 rings (SSSR count). The lowest BCUT2D eigenvalue weighted by atomic mass is 10.1. The number of halogens is 2. The molecular formula is C17H12Cl2O4. The Morgan fingerprint density at radius 3 is 2.39 bits per heavy atom. The molecule has 0 aliphatic carbocycles. The first-order valence-corrected chi connectivity index (χ1v) is 7.34. The summed E-state index contributed by atoms with van der Waals surface area (Å²) >= 11 is 12.1. The minimum absolute atomic E-state index is 0.00637. The number of carboxylic acids is 1. The van der Waals surface area contributed by atoms with Crippen LogP contribution in [0, 0.1) is 0 Å². The van der Waals surface area contributed by atoms with Gasteiger partial charge in [0.25, 0.3) is 0 Å². The molecule has 0 saturated carbocycles. The Labute approximate surface area is 142 Å². The maximum Gasteiger partial charge on any atom is 0.341 e. The molecule has 0 fully saturated rings. The first-order chi connectivity index (χ1) is 11.0. The summed E-state index contributed by atoms with van der Waals surface area (Å²) in [4.78, 5) is 22.7. The number of rotatable bonds is 6. The van der Waals surface area contributed by atoms with E-state index in [4.69, 9.17) is 33.0 Å². The fourth-order valence-electron chi connectivity index (χ4n) is 1.80. The van der Waals surface area contributed by atoms with Gasteiger partial charge in [-0.3, -0.25) is 4.79 Å². The largest absolute Gasteiger partial charge is 0.480 e. The van der Waals surface area contributed by atoms with Crippen molar-refractivity contribution in [3.8, 4) is 5.75 Å². The summed E-state index contributed by atoms with van der Waals surface area (Å²) < 4.78 is 5.00. The van der Waals surface area contributed by atoms with Gasteiger partial charge in [-0.1, -0.05) is 59.6 Å². The van der Waals surface area contributed by atoms with Crippen LogP contribution in [0.3, 0.4) is 0 Å². The van der Waals surface area contributed by atoms with E-state index in [0.717, 1.165) is 5.56 Å². The van der Waals surface area contributed by atoms with Crippen molar-refractivity contribution in [2.45, 2.75) is 0 Å². The number of ether oxygens (including phenoxy) is 1. The average molecular weight is 351 g/mol. The minimum atomic E-state index is -1.14. The van der Waals surface area contributed by atoms with Crippen molar-refractivity contribution in [1.29, 1.82) is 0 Å². The number of aliphatic carboxylic acids is 1. The van der Waals surface area contributed by atoms with Crippen molar-refractivity contribution in [2.75, 3.05) is 6.61 Å². The Bertz CT molecular complexity index is 755. The molecule has 118 valence electrons. The van der Waals surface area contributed by atoms with Crippen molar-refractivity contribution in [1.82, 2.24) is 0 Å². The van der Waals surface area contributed by atoms with Gasteiger partial charge in [-0.2, -0.15) is 0 Å². The van der Waals surface area contributed by atoms with E-state index in [1.54, 1.807) is 6.08 Å². The molecule has 6 heteroatoms. The van der Waals surface area contributed by atoms with E-state index in [0.29, 0.717) is 0 Å². The fraction of sp³-hybridized carbons (Fsp3) is 0.0588. The standard InChI is InChI=1S/C17H12Cl2O4/c18-16-12(7-9-14(17(16)19)23-10-15(21)22)13(20)8-6-11-4-2-1-3-5-11/h1-9H,10H2,(H,21,22). The van der Waals surface area contributed by atoms with Crippen LogP contribution in [0.2, 0.25) is 10.0 Å². The predicted molar refractivity (Wildman–Crippen MR) is 89.4 cm³/mol. The van der Waals surface area contributed by atoms with Gasteiger partial charge in [0.05, 0.1) is 5.02 Å². The van der Waals surface area contributed by atoms with E-state index in [9.17, 15) is 9.59 Å². The summed E-state index contributed by atoms with van der Waals surface area (Å²) in [5, 5.41) is 8.62. The molecule has 1 N–H and O–H groups in total. The Hall–Kier alpha value is -2.30. The van der Waals surface area contributed by atoms with Crippen LogP contribution in [0.1, 0.15) is 15.9 Å². The molecule has 0 spiro atoms. The van der Waals surface area contributed by atoms with E-state index in [2.05, 4.69) is 0 Å². The summed E-state index contributed by atoms with van der Waals surface area (Å²) in [6.07, 6.45) is 3.06. The third-order valence-corrected chi connectivity index (χ3v) is 3.75. The normalized spacial score (nSPS) is 10.7. The van der Waals surface area contributed by atoms with Gasteiger partial charge >= 0.3 is 5.97 Å². The Morgan fingerprint density at radius 1 is 1.04 bits per heavy atom. The molecule has 2 aromatic carbocycles. The topological polar surface area (TPSA) is 63.6 Å². The lowest BCUT2D eigenvalue weighted by Gasteiger charge is -2.09. The zero-order chi connectivity index (χ0) is 16.8. The van der Waals surface area contributed by atoms with Gasteiger partial charge in [0.1, 0.15) is 10.8 Å². The number of ketones is 1. The molecule has 0 atom stereocenters. The third kappa shape index (κ3) is 4.58. The van der Waals surface area contributed by atoms with Gasteiger partial charge in [0, 0.05) is 5.56 Å². The van der Waals surface area contributed by atoms with Crippen molar-refractivity contribution in [2.24, 2.45) is 0 Å². The van der Waals surface area contributed by atoms with Crippen molar-refractivity contribution in [3.05, 3.63) is 69.7 Å². The van der Waals surface area contributed by atoms with E-state index < -0.39 is 12.6 Å². The molecule has 0 radical (unpaired) electrons. The molecule has 0 unspecified atom stereocenters. The number of carbonyl (C=O) groups is 2. The number of carbonyl (C=O) groups excluding carboxylic acids is 1. The Morgan fingerprint density at radius 2 is 1.74 bits per heavy atom. The van der Waals surface area contributed by atoms with Crippen LogP contribution in [0.25, 0.3) is 6.08 Å². The molecule has 23 heavy (non-hydrogen) atoms. The second-order valence-electron chi connectivity index (χ2n) is 4.53. The number of hydrogen-bond donors (Lipinski definition) is 1. The van der Waals surface area contributed by atoms with Crippen molar-refractivity contribution in [3.63, 3.8) is 0 Å². The minimum Gasteiger partial charge on any atom is -0.480 e. The molecule has 0 saturated heterocycles. The van der Waals surface area contributed by atoms with Crippen LogP contribution in [-0.4, -0.2) is 23.5 Å². The summed E-state index contributed by atoms with van der Waals surface area (Å²) in [6, 6.07) is 12.2. The number of hydrogen-bond acceptors (Lipinski definition) is 3. The highest BCUT2D eigenvalue weighted by molar-refractivity contribution is 6.45. The number of benzene rings is 2. The fourth-order valence-corrected chi connectivity index (χ4v) is 2.27. The van der Waals surface area contributed by atoms with E-state index in [-0.39, 0.29) is 27.1 Å². The number of carboxylic acid groups (broad SMARTS) is 1. The van der Waals surface area contributed by atoms with Gasteiger partial charge in [0.15, 0.2) is 12.4 Å². The van der Waals surface area contributed by atoms with E-state index in [1.807, 2.05) is 30.3 Å². The van der Waals surface area contributed by atoms with Crippen LogP contribution in [0.4, 0.5) is 0 Å². The van der Waals surface area contributed by atoms with Gasteiger partial charge in [-0.15, -0.1) is 0 Å². The highest BCUT2D eigenvalue weighted by atomic mass is 35.5.